The van der Waals surface area contributed by atoms with Crippen molar-refractivity contribution >= 4 is 20.6 Å². The van der Waals surface area contributed by atoms with Gasteiger partial charge >= 0.3 is 0 Å². The molecule has 3 rings (SSSR count). The Hall–Kier alpha value is -2.47. The third kappa shape index (κ3) is 2.90. The van der Waals surface area contributed by atoms with Gasteiger partial charge in [-0.05, 0) is 41.1 Å². The molecule has 0 fully saturated rings. The molecule has 2 aromatic carbocycles. The predicted molar refractivity (Wildman–Crippen MR) is 85.8 cm³/mol. The lowest BCUT2D eigenvalue weighted by molar-refractivity contribution is 0.415. The summed E-state index contributed by atoms with van der Waals surface area (Å²) < 4.78 is 44.4. The van der Waals surface area contributed by atoms with Crippen molar-refractivity contribution in [3.63, 3.8) is 0 Å². The van der Waals surface area contributed by atoms with Gasteiger partial charge in [0.1, 0.15) is 5.75 Å². The number of fused-ring (bicyclic) bond motifs is 1. The van der Waals surface area contributed by atoms with Crippen LogP contribution in [0.2, 0.25) is 0 Å². The predicted octanol–water partition coefficient (Wildman–Crippen LogP) is 3.69. The van der Waals surface area contributed by atoms with Gasteiger partial charge in [-0.25, -0.2) is 17.8 Å². The van der Waals surface area contributed by atoms with Crippen LogP contribution < -0.4 is 4.74 Å². The van der Waals surface area contributed by atoms with Crippen molar-refractivity contribution in [2.75, 3.05) is 7.11 Å². The normalized spacial score (nSPS) is 13.0. The number of ether oxygens (including phenoxy) is 1. The fraction of sp³-hybridized carbons (Fsp3) is 0.118. The van der Waals surface area contributed by atoms with Gasteiger partial charge in [0, 0.05) is 11.8 Å². The number of benzene rings is 2. The zero-order chi connectivity index (χ0) is 16.4. The molecule has 1 aromatic heterocycles. The number of alkyl halides is 1. The number of halogens is 1. The Morgan fingerprint density at radius 3 is 2.48 bits per heavy atom. The minimum absolute atomic E-state index is 0.0771. The first-order chi connectivity index (χ1) is 11.0. The van der Waals surface area contributed by atoms with E-state index in [1.165, 1.54) is 30.5 Å². The zero-order valence-electron chi connectivity index (χ0n) is 12.3. The van der Waals surface area contributed by atoms with E-state index in [2.05, 4.69) is 4.98 Å². The number of methoxy groups -OCH3 is 1. The van der Waals surface area contributed by atoms with Gasteiger partial charge in [0.2, 0.25) is 15.3 Å². The van der Waals surface area contributed by atoms with Crippen LogP contribution in [-0.2, 0) is 9.84 Å². The number of hydrogen-bond donors (Lipinski definition) is 0. The van der Waals surface area contributed by atoms with Crippen LogP contribution in [0.1, 0.15) is 11.1 Å². The van der Waals surface area contributed by atoms with Crippen molar-refractivity contribution in [3.05, 3.63) is 66.4 Å². The quantitative estimate of drug-likeness (QED) is 0.732. The second-order valence-corrected chi connectivity index (χ2v) is 6.92. The van der Waals surface area contributed by atoms with Crippen LogP contribution in [0.5, 0.6) is 5.75 Å². The standard InChI is InChI=1S/C17H14FNO3S/c1-22-15-8-7-12-10-14(6-5-13(12)11-15)17(18)23(20,21)16-4-2-3-9-19-16/h2-11,17H,1H3. The maximum Gasteiger partial charge on any atom is 0.231 e. The number of nitrogens with zero attached hydrogens (tertiary/aromatic N) is 1. The van der Waals surface area contributed by atoms with Crippen LogP contribution in [0.4, 0.5) is 4.39 Å². The lowest BCUT2D eigenvalue weighted by atomic mass is 10.1. The Morgan fingerprint density at radius 1 is 1.04 bits per heavy atom. The van der Waals surface area contributed by atoms with Crippen molar-refractivity contribution in [2.24, 2.45) is 0 Å². The fourth-order valence-corrected chi connectivity index (χ4v) is 3.50. The summed E-state index contributed by atoms with van der Waals surface area (Å²) in [6.07, 6.45) is 1.33. The zero-order valence-corrected chi connectivity index (χ0v) is 13.1. The highest BCUT2D eigenvalue weighted by Gasteiger charge is 2.30. The number of sulfone groups is 1. The van der Waals surface area contributed by atoms with Crippen LogP contribution in [0.15, 0.2) is 65.8 Å². The largest absolute Gasteiger partial charge is 0.497 e. The van der Waals surface area contributed by atoms with E-state index in [0.29, 0.717) is 5.75 Å². The van der Waals surface area contributed by atoms with E-state index in [1.54, 1.807) is 37.4 Å². The van der Waals surface area contributed by atoms with Crippen molar-refractivity contribution in [1.82, 2.24) is 4.98 Å². The summed E-state index contributed by atoms with van der Waals surface area (Å²) in [7, 11) is -2.61. The topological polar surface area (TPSA) is 56.3 Å². The van der Waals surface area contributed by atoms with Gasteiger partial charge in [-0.15, -0.1) is 0 Å². The molecule has 0 radical (unpaired) electrons. The average molecular weight is 331 g/mol. The molecule has 0 aliphatic heterocycles. The maximum absolute atomic E-state index is 14.6. The van der Waals surface area contributed by atoms with Crippen LogP contribution in [0, 0.1) is 0 Å². The molecule has 4 nitrogen and oxygen atoms in total. The number of pyridine rings is 1. The molecule has 23 heavy (non-hydrogen) atoms. The summed E-state index contributed by atoms with van der Waals surface area (Å²) in [6.45, 7) is 0. The van der Waals surface area contributed by atoms with Crippen molar-refractivity contribution < 1.29 is 17.5 Å². The van der Waals surface area contributed by atoms with Crippen LogP contribution >= 0.6 is 0 Å². The Morgan fingerprint density at radius 2 is 1.78 bits per heavy atom. The van der Waals surface area contributed by atoms with E-state index in [4.69, 9.17) is 4.74 Å². The average Bonchev–Trinajstić information content (AvgIpc) is 2.60. The number of hydrogen-bond acceptors (Lipinski definition) is 4. The number of rotatable bonds is 4. The highest BCUT2D eigenvalue weighted by molar-refractivity contribution is 7.91. The highest BCUT2D eigenvalue weighted by atomic mass is 32.2. The molecule has 0 saturated carbocycles. The van der Waals surface area contributed by atoms with Gasteiger partial charge in [-0.3, -0.25) is 0 Å². The second kappa shape index (κ2) is 5.96. The van der Waals surface area contributed by atoms with Crippen LogP contribution in [0.3, 0.4) is 0 Å². The summed E-state index contributed by atoms with van der Waals surface area (Å²) in [5.74, 6) is 0.683. The summed E-state index contributed by atoms with van der Waals surface area (Å²) in [5, 5.41) is 1.31. The monoisotopic (exact) mass is 331 g/mol. The van der Waals surface area contributed by atoms with Gasteiger partial charge in [0.05, 0.1) is 7.11 Å². The minimum Gasteiger partial charge on any atom is -0.497 e. The molecule has 3 aromatic rings. The molecule has 6 heteroatoms. The maximum atomic E-state index is 14.6. The summed E-state index contributed by atoms with van der Waals surface area (Å²) >= 11 is 0. The van der Waals surface area contributed by atoms with Crippen molar-refractivity contribution in [2.45, 2.75) is 10.5 Å². The van der Waals surface area contributed by atoms with Crippen molar-refractivity contribution in [1.29, 1.82) is 0 Å². The molecule has 0 aliphatic rings. The molecule has 0 spiro atoms. The molecule has 0 amide bonds. The van der Waals surface area contributed by atoms with Crippen LogP contribution in [0.25, 0.3) is 10.8 Å². The Kier molecular flexibility index (Phi) is 4.00. The molecular formula is C17H14FNO3S. The van der Waals surface area contributed by atoms with Crippen molar-refractivity contribution in [3.8, 4) is 5.75 Å². The van der Waals surface area contributed by atoms with E-state index >= 15 is 0 Å². The summed E-state index contributed by atoms with van der Waals surface area (Å²) in [6, 6.07) is 14.4. The first-order valence-corrected chi connectivity index (χ1v) is 8.44. The first-order valence-electron chi connectivity index (χ1n) is 6.89. The van der Waals surface area contributed by atoms with Crippen LogP contribution in [-0.4, -0.2) is 20.5 Å². The SMILES string of the molecule is COc1ccc2cc(C(F)S(=O)(=O)c3ccccn3)ccc2c1. The fourth-order valence-electron chi connectivity index (χ4n) is 2.31. The Bertz CT molecular complexity index is 942. The van der Waals surface area contributed by atoms with Gasteiger partial charge in [0.15, 0.2) is 5.03 Å². The molecule has 1 unspecified atom stereocenters. The van der Waals surface area contributed by atoms with E-state index in [1.807, 2.05) is 0 Å². The first kappa shape index (κ1) is 15.4. The molecule has 0 aliphatic carbocycles. The third-order valence-electron chi connectivity index (χ3n) is 3.54. The van der Waals surface area contributed by atoms with Gasteiger partial charge in [0.25, 0.3) is 0 Å². The van der Waals surface area contributed by atoms with Gasteiger partial charge < -0.3 is 4.74 Å². The lowest BCUT2D eigenvalue weighted by Crippen LogP contribution is -2.11. The van der Waals surface area contributed by atoms with E-state index < -0.39 is 15.3 Å². The molecular weight excluding hydrogens is 317 g/mol. The lowest BCUT2D eigenvalue weighted by Gasteiger charge is -2.11. The van der Waals surface area contributed by atoms with E-state index in [0.717, 1.165) is 10.8 Å². The third-order valence-corrected chi connectivity index (χ3v) is 5.18. The Labute approximate surface area is 133 Å². The smallest absolute Gasteiger partial charge is 0.231 e. The van der Waals surface area contributed by atoms with E-state index in [-0.39, 0.29) is 10.6 Å². The van der Waals surface area contributed by atoms with Gasteiger partial charge in [-0.1, -0.05) is 24.3 Å². The number of aromatic nitrogens is 1. The molecule has 0 N–H and O–H groups in total. The van der Waals surface area contributed by atoms with Gasteiger partial charge in [-0.2, -0.15) is 0 Å². The minimum atomic E-state index is -4.18. The molecule has 0 bridgehead atoms. The molecule has 1 heterocycles. The summed E-state index contributed by atoms with van der Waals surface area (Å²) in [4.78, 5) is 3.74. The summed E-state index contributed by atoms with van der Waals surface area (Å²) in [5.41, 5.74) is -2.09. The highest BCUT2D eigenvalue weighted by Crippen LogP contribution is 2.31. The molecule has 1 atom stereocenters. The Balaban J connectivity index is 2.02. The molecule has 118 valence electrons. The van der Waals surface area contributed by atoms with E-state index in [9.17, 15) is 12.8 Å². The molecule has 0 saturated heterocycles. The second-order valence-electron chi connectivity index (χ2n) is 5.00.